The second kappa shape index (κ2) is 14.3. The average molecular weight is 819 g/mol. The molecule has 0 spiro atoms. The highest BCUT2D eigenvalue weighted by Crippen LogP contribution is 2.40. The van der Waals surface area contributed by atoms with Gasteiger partial charge in [-0.3, -0.25) is 0 Å². The summed E-state index contributed by atoms with van der Waals surface area (Å²) in [6, 6.07) is 84.6. The van der Waals surface area contributed by atoms with E-state index in [1.54, 1.807) is 0 Å². The van der Waals surface area contributed by atoms with E-state index in [1.807, 2.05) is 11.3 Å². The Kier molecular flexibility index (Phi) is 8.12. The topological polar surface area (TPSA) is 9.86 Å². The van der Waals surface area contributed by atoms with Gasteiger partial charge in [0.1, 0.15) is 0 Å². The van der Waals surface area contributed by atoms with E-state index in [4.69, 9.17) is 0 Å². The van der Waals surface area contributed by atoms with Crippen molar-refractivity contribution in [3.8, 4) is 55.9 Å². The highest BCUT2D eigenvalue weighted by Gasteiger charge is 2.17. The van der Waals surface area contributed by atoms with Crippen molar-refractivity contribution in [1.82, 2.24) is 9.13 Å². The lowest BCUT2D eigenvalue weighted by Gasteiger charge is -2.11. The summed E-state index contributed by atoms with van der Waals surface area (Å²) in [6.07, 6.45) is 0. The minimum absolute atomic E-state index is 1.14. The number of thiophene rings is 1. The van der Waals surface area contributed by atoms with Crippen LogP contribution in [0.1, 0.15) is 0 Å². The molecule has 0 bridgehead atoms. The third-order valence-electron chi connectivity index (χ3n) is 13.0. The summed E-state index contributed by atoms with van der Waals surface area (Å²) in [4.78, 5) is 0. The lowest BCUT2D eigenvalue weighted by atomic mass is 9.97. The Bertz CT molecular complexity index is 3870. The molecule has 0 N–H and O–H groups in total. The minimum atomic E-state index is 1.14. The van der Waals surface area contributed by atoms with E-state index in [9.17, 15) is 0 Å². The van der Waals surface area contributed by atoms with Crippen LogP contribution in [-0.4, -0.2) is 9.13 Å². The van der Waals surface area contributed by atoms with E-state index in [-0.39, 0.29) is 0 Å². The summed E-state index contributed by atoms with van der Waals surface area (Å²) in [5, 5.41) is 7.69. The van der Waals surface area contributed by atoms with Crippen molar-refractivity contribution < 1.29 is 0 Å². The molecule has 0 aliphatic rings. The molecule has 0 aliphatic carbocycles. The molecule has 13 rings (SSSR count). The summed E-state index contributed by atoms with van der Waals surface area (Å²) >= 11 is 1.86. The summed E-state index contributed by atoms with van der Waals surface area (Å²) < 4.78 is 7.49. The fourth-order valence-corrected chi connectivity index (χ4v) is 10.9. The third-order valence-corrected chi connectivity index (χ3v) is 14.1. The first-order chi connectivity index (χ1) is 31.2. The van der Waals surface area contributed by atoms with Crippen LogP contribution < -0.4 is 0 Å². The summed E-state index contributed by atoms with van der Waals surface area (Å²) in [5.41, 5.74) is 16.8. The second-order valence-corrected chi connectivity index (χ2v) is 17.6. The Morgan fingerprint density at radius 3 is 1.14 bits per heavy atom. The van der Waals surface area contributed by atoms with Gasteiger partial charge in [-0.05, 0) is 111 Å². The summed E-state index contributed by atoms with van der Waals surface area (Å²) in [5.74, 6) is 0. The Labute approximate surface area is 368 Å². The predicted molar refractivity (Wildman–Crippen MR) is 270 cm³/mol. The Hall–Kier alpha value is -7.98. The van der Waals surface area contributed by atoms with Crippen LogP contribution in [0.3, 0.4) is 0 Å². The van der Waals surface area contributed by atoms with Gasteiger partial charge >= 0.3 is 0 Å². The molecule has 3 heteroatoms. The van der Waals surface area contributed by atoms with Crippen LogP contribution in [0.2, 0.25) is 0 Å². The monoisotopic (exact) mass is 818 g/mol. The predicted octanol–water partition coefficient (Wildman–Crippen LogP) is 16.9. The van der Waals surface area contributed by atoms with Crippen LogP contribution >= 0.6 is 11.3 Å². The summed E-state index contributed by atoms with van der Waals surface area (Å²) in [6.45, 7) is 0. The van der Waals surface area contributed by atoms with Crippen molar-refractivity contribution in [3.63, 3.8) is 0 Å². The maximum Gasteiger partial charge on any atom is 0.0547 e. The molecule has 294 valence electrons. The highest BCUT2D eigenvalue weighted by molar-refractivity contribution is 7.25. The molecule has 0 radical (unpaired) electrons. The van der Waals surface area contributed by atoms with Crippen molar-refractivity contribution in [2.24, 2.45) is 0 Å². The van der Waals surface area contributed by atoms with E-state index in [1.165, 1.54) is 114 Å². The summed E-state index contributed by atoms with van der Waals surface area (Å²) in [7, 11) is 0. The molecule has 0 saturated heterocycles. The van der Waals surface area contributed by atoms with Crippen molar-refractivity contribution in [2.75, 3.05) is 0 Å². The number of fused-ring (bicyclic) bond motifs is 9. The van der Waals surface area contributed by atoms with Crippen molar-refractivity contribution in [1.29, 1.82) is 0 Å². The molecule has 2 nitrogen and oxygen atoms in total. The van der Waals surface area contributed by atoms with Gasteiger partial charge in [-0.25, -0.2) is 0 Å². The van der Waals surface area contributed by atoms with Gasteiger partial charge in [0.05, 0.1) is 22.1 Å². The Balaban J connectivity index is 0.818. The maximum atomic E-state index is 2.42. The van der Waals surface area contributed by atoms with E-state index in [0.29, 0.717) is 0 Å². The number of benzene rings is 10. The quantitative estimate of drug-likeness (QED) is 0.158. The highest BCUT2D eigenvalue weighted by atomic mass is 32.1. The van der Waals surface area contributed by atoms with E-state index < -0.39 is 0 Å². The molecular weight excluding hydrogens is 781 g/mol. The van der Waals surface area contributed by atoms with E-state index >= 15 is 0 Å². The van der Waals surface area contributed by atoms with Crippen LogP contribution in [0.4, 0.5) is 0 Å². The zero-order valence-corrected chi connectivity index (χ0v) is 35.1. The number of hydrogen-bond acceptors (Lipinski definition) is 1. The van der Waals surface area contributed by atoms with Gasteiger partial charge in [0, 0.05) is 53.1 Å². The number of aromatic nitrogens is 2. The van der Waals surface area contributed by atoms with Gasteiger partial charge in [0.25, 0.3) is 0 Å². The molecule has 0 atom stereocenters. The third kappa shape index (κ3) is 5.85. The van der Waals surface area contributed by atoms with Gasteiger partial charge in [-0.15, -0.1) is 11.3 Å². The first-order valence-electron chi connectivity index (χ1n) is 21.6. The van der Waals surface area contributed by atoms with Crippen LogP contribution in [0, 0.1) is 0 Å². The van der Waals surface area contributed by atoms with E-state index in [0.717, 1.165) is 5.69 Å². The molecule has 0 unspecified atom stereocenters. The van der Waals surface area contributed by atoms with Crippen LogP contribution in [0.15, 0.2) is 231 Å². The van der Waals surface area contributed by atoms with Gasteiger partial charge in [-0.2, -0.15) is 0 Å². The largest absolute Gasteiger partial charge is 0.309 e. The molecule has 0 aliphatic heterocycles. The Morgan fingerprint density at radius 1 is 0.222 bits per heavy atom. The minimum Gasteiger partial charge on any atom is -0.309 e. The van der Waals surface area contributed by atoms with Crippen molar-refractivity contribution in [2.45, 2.75) is 0 Å². The molecule has 3 heterocycles. The number of nitrogens with zero attached hydrogens (tertiary/aromatic N) is 2. The molecule has 0 fully saturated rings. The van der Waals surface area contributed by atoms with E-state index in [2.05, 4.69) is 240 Å². The van der Waals surface area contributed by atoms with Crippen LogP contribution in [0.25, 0.3) is 120 Å². The SMILES string of the molecule is c1ccc(-n2c3ccccc3c3ccc(-c4ccc5c6ccccc6n(-c6ccc(-c7ccc(-c8ccc(-c9ccc%10sc%11ccccc%11c%10c9)cc8)cc7)cc6)c5c4)cc32)cc1. The van der Waals surface area contributed by atoms with Gasteiger partial charge in [0.2, 0.25) is 0 Å². The van der Waals surface area contributed by atoms with Crippen LogP contribution in [0.5, 0.6) is 0 Å². The normalized spacial score (nSPS) is 11.8. The zero-order chi connectivity index (χ0) is 41.4. The van der Waals surface area contributed by atoms with Gasteiger partial charge < -0.3 is 9.13 Å². The van der Waals surface area contributed by atoms with Gasteiger partial charge in [0.15, 0.2) is 0 Å². The maximum absolute atomic E-state index is 2.42. The molecule has 0 amide bonds. The fraction of sp³-hybridized carbons (Fsp3) is 0. The lowest BCUT2D eigenvalue weighted by Crippen LogP contribution is -1.94. The first kappa shape index (κ1) is 35.7. The average Bonchev–Trinajstić information content (AvgIpc) is 4.01. The molecular formula is C60H38N2S. The van der Waals surface area contributed by atoms with Crippen molar-refractivity contribution >= 4 is 75.1 Å². The number of rotatable bonds is 6. The molecule has 10 aromatic carbocycles. The molecule has 13 aromatic rings. The van der Waals surface area contributed by atoms with Crippen molar-refractivity contribution in [3.05, 3.63) is 231 Å². The first-order valence-corrected chi connectivity index (χ1v) is 22.4. The van der Waals surface area contributed by atoms with Crippen LogP contribution in [-0.2, 0) is 0 Å². The fourth-order valence-electron chi connectivity index (χ4n) is 9.85. The zero-order valence-electron chi connectivity index (χ0n) is 34.2. The number of hydrogen-bond donors (Lipinski definition) is 0. The Morgan fingerprint density at radius 2 is 0.587 bits per heavy atom. The smallest absolute Gasteiger partial charge is 0.0547 e. The molecule has 0 saturated carbocycles. The van der Waals surface area contributed by atoms with Gasteiger partial charge in [-0.1, -0.05) is 164 Å². The number of para-hydroxylation sites is 3. The second-order valence-electron chi connectivity index (χ2n) is 16.5. The standard InChI is InChI=1S/C60H38N2S/c1-2-10-47(11-3-1)61-55-15-7-4-12-49(55)51-33-28-45(37-57(51)61)46-29-34-52-50-13-5-8-16-56(50)62(58(52)38-46)48-31-26-42(27-32-48)41-20-18-39(19-21-41)40-22-24-43(25-23-40)44-30-35-60-54(36-44)53-14-6-9-17-59(53)63-60/h1-38H. The molecule has 63 heavy (non-hydrogen) atoms. The lowest BCUT2D eigenvalue weighted by molar-refractivity contribution is 1.18. The molecule has 3 aromatic heterocycles.